The molecule has 0 atom stereocenters. The molecule has 1 heterocycles. The van der Waals surface area contributed by atoms with Gasteiger partial charge in [-0.25, -0.2) is 4.98 Å². The third-order valence-corrected chi connectivity index (χ3v) is 3.70. The molecule has 0 amide bonds. The van der Waals surface area contributed by atoms with Crippen molar-refractivity contribution in [2.24, 2.45) is 0 Å². The number of ether oxygens (including phenoxy) is 2. The van der Waals surface area contributed by atoms with Crippen molar-refractivity contribution in [2.75, 3.05) is 25.7 Å². The lowest BCUT2D eigenvalue weighted by atomic mass is 10.0. The zero-order valence-electron chi connectivity index (χ0n) is 14.4. The van der Waals surface area contributed by atoms with Crippen LogP contribution in [0.2, 0.25) is 0 Å². The molecule has 0 aliphatic heterocycles. The van der Waals surface area contributed by atoms with Gasteiger partial charge in [0.15, 0.2) is 0 Å². The maximum atomic E-state index is 5.92. The Morgan fingerprint density at radius 2 is 1.75 bits per heavy atom. The van der Waals surface area contributed by atoms with Crippen LogP contribution >= 0.6 is 0 Å². The van der Waals surface area contributed by atoms with Crippen LogP contribution in [0.5, 0.6) is 11.5 Å². The number of methoxy groups -OCH3 is 2. The largest absolute Gasteiger partial charge is 0.496 e. The first kappa shape index (κ1) is 17.6. The molecule has 6 heteroatoms. The summed E-state index contributed by atoms with van der Waals surface area (Å²) in [4.78, 5) is 8.00. The molecule has 0 radical (unpaired) electrons. The molecule has 2 rings (SSSR count). The van der Waals surface area contributed by atoms with E-state index in [1.54, 1.807) is 20.4 Å². The van der Waals surface area contributed by atoms with Gasteiger partial charge >= 0.3 is 0 Å². The van der Waals surface area contributed by atoms with E-state index >= 15 is 0 Å². The highest BCUT2D eigenvalue weighted by Gasteiger charge is 2.13. The van der Waals surface area contributed by atoms with Crippen molar-refractivity contribution in [1.29, 1.82) is 0 Å². The van der Waals surface area contributed by atoms with Crippen LogP contribution in [0, 0.1) is 0 Å². The van der Waals surface area contributed by atoms with Gasteiger partial charge in [0.2, 0.25) is 5.95 Å². The van der Waals surface area contributed by atoms with Gasteiger partial charge in [-0.3, -0.25) is 0 Å². The Kier molecular flexibility index (Phi) is 6.01. The zero-order chi connectivity index (χ0) is 17.5. The third-order valence-electron chi connectivity index (χ3n) is 3.70. The predicted octanol–water partition coefficient (Wildman–Crippen LogP) is 2.76. The SMILES string of the molecule is CCC=CCc1c(OC)cc(Cc2cnc(N)nc2N)cc1OC. The Labute approximate surface area is 142 Å². The van der Waals surface area contributed by atoms with Gasteiger partial charge in [0, 0.05) is 23.7 Å². The van der Waals surface area contributed by atoms with Crippen molar-refractivity contribution in [2.45, 2.75) is 26.2 Å². The number of nitrogens with two attached hydrogens (primary N) is 2. The first-order valence-electron chi connectivity index (χ1n) is 7.84. The van der Waals surface area contributed by atoms with Crippen molar-refractivity contribution in [1.82, 2.24) is 9.97 Å². The molecule has 1 aromatic carbocycles. The molecule has 1 aromatic heterocycles. The Morgan fingerprint density at radius 1 is 1.08 bits per heavy atom. The molecule has 0 aliphatic carbocycles. The normalized spacial score (nSPS) is 11.0. The number of anilines is 2. The average molecular weight is 328 g/mol. The second-order valence-corrected chi connectivity index (χ2v) is 5.38. The van der Waals surface area contributed by atoms with E-state index < -0.39 is 0 Å². The molecule has 24 heavy (non-hydrogen) atoms. The smallest absolute Gasteiger partial charge is 0.221 e. The van der Waals surface area contributed by atoms with Crippen molar-refractivity contribution < 1.29 is 9.47 Å². The van der Waals surface area contributed by atoms with E-state index in [1.807, 2.05) is 12.1 Å². The standard InChI is InChI=1S/C18H24N4O2/c1-4-5-6-7-14-15(23-2)9-12(10-16(14)24-3)8-13-11-21-18(20)22-17(13)19/h5-6,9-11H,4,7-8H2,1-3H3,(H4,19,20,21,22). The van der Waals surface area contributed by atoms with E-state index in [1.165, 1.54) is 0 Å². The van der Waals surface area contributed by atoms with E-state index in [-0.39, 0.29) is 5.95 Å². The highest BCUT2D eigenvalue weighted by Crippen LogP contribution is 2.32. The van der Waals surface area contributed by atoms with Crippen molar-refractivity contribution in [3.63, 3.8) is 0 Å². The quantitative estimate of drug-likeness (QED) is 0.759. The molecule has 0 saturated heterocycles. The van der Waals surface area contributed by atoms with Crippen LogP contribution < -0.4 is 20.9 Å². The zero-order valence-corrected chi connectivity index (χ0v) is 14.4. The molecule has 0 unspecified atom stereocenters. The lowest BCUT2D eigenvalue weighted by molar-refractivity contribution is 0.386. The molecule has 0 fully saturated rings. The van der Waals surface area contributed by atoms with Gasteiger partial charge in [0.1, 0.15) is 17.3 Å². The van der Waals surface area contributed by atoms with E-state index in [2.05, 4.69) is 29.0 Å². The van der Waals surface area contributed by atoms with Gasteiger partial charge in [0.05, 0.1) is 14.2 Å². The molecule has 2 aromatic rings. The number of rotatable bonds is 7. The van der Waals surface area contributed by atoms with Gasteiger partial charge < -0.3 is 20.9 Å². The van der Waals surface area contributed by atoms with E-state index in [9.17, 15) is 0 Å². The average Bonchev–Trinajstić information content (AvgIpc) is 2.58. The van der Waals surface area contributed by atoms with Crippen LogP contribution in [0.3, 0.4) is 0 Å². The summed E-state index contributed by atoms with van der Waals surface area (Å²) in [5, 5.41) is 0. The van der Waals surface area contributed by atoms with E-state index in [0.717, 1.165) is 41.0 Å². The summed E-state index contributed by atoms with van der Waals surface area (Å²) < 4.78 is 11.1. The molecule has 128 valence electrons. The van der Waals surface area contributed by atoms with Crippen LogP contribution in [0.4, 0.5) is 11.8 Å². The summed E-state index contributed by atoms with van der Waals surface area (Å²) >= 11 is 0. The highest BCUT2D eigenvalue weighted by molar-refractivity contribution is 5.52. The predicted molar refractivity (Wildman–Crippen MR) is 96.3 cm³/mol. The number of hydrogen-bond acceptors (Lipinski definition) is 6. The fourth-order valence-electron chi connectivity index (χ4n) is 2.50. The molecule has 0 aliphatic rings. The number of nitrogen functional groups attached to an aromatic ring is 2. The van der Waals surface area contributed by atoms with E-state index in [4.69, 9.17) is 20.9 Å². The molecule has 0 spiro atoms. The van der Waals surface area contributed by atoms with Crippen molar-refractivity contribution >= 4 is 11.8 Å². The molecule has 4 N–H and O–H groups in total. The summed E-state index contributed by atoms with van der Waals surface area (Å²) in [5.74, 6) is 2.14. The van der Waals surface area contributed by atoms with Crippen molar-refractivity contribution in [3.8, 4) is 11.5 Å². The molecular weight excluding hydrogens is 304 g/mol. The van der Waals surface area contributed by atoms with Crippen LogP contribution in [0.1, 0.15) is 30.0 Å². The first-order valence-corrected chi connectivity index (χ1v) is 7.84. The number of aromatic nitrogens is 2. The monoisotopic (exact) mass is 328 g/mol. The minimum atomic E-state index is 0.171. The molecular formula is C18H24N4O2. The Bertz CT molecular complexity index is 704. The summed E-state index contributed by atoms with van der Waals surface area (Å²) in [6, 6.07) is 3.99. The van der Waals surface area contributed by atoms with Crippen LogP contribution in [-0.4, -0.2) is 24.2 Å². The Balaban J connectivity index is 2.36. The van der Waals surface area contributed by atoms with Crippen LogP contribution in [0.25, 0.3) is 0 Å². The minimum absolute atomic E-state index is 0.171. The summed E-state index contributed by atoms with van der Waals surface area (Å²) in [6.07, 6.45) is 8.22. The van der Waals surface area contributed by atoms with Crippen LogP contribution in [0.15, 0.2) is 30.5 Å². The topological polar surface area (TPSA) is 96.3 Å². The summed E-state index contributed by atoms with van der Waals surface area (Å²) in [7, 11) is 3.32. The highest BCUT2D eigenvalue weighted by atomic mass is 16.5. The number of benzene rings is 1. The summed E-state index contributed by atoms with van der Waals surface area (Å²) in [6.45, 7) is 2.10. The second-order valence-electron chi connectivity index (χ2n) is 5.38. The number of nitrogens with zero attached hydrogens (tertiary/aromatic N) is 2. The lowest BCUT2D eigenvalue weighted by Gasteiger charge is -2.15. The van der Waals surface area contributed by atoms with Gasteiger partial charge in [-0.05, 0) is 30.5 Å². The lowest BCUT2D eigenvalue weighted by Crippen LogP contribution is -2.05. The fourth-order valence-corrected chi connectivity index (χ4v) is 2.50. The van der Waals surface area contributed by atoms with E-state index in [0.29, 0.717) is 12.2 Å². The van der Waals surface area contributed by atoms with Gasteiger partial charge in [-0.2, -0.15) is 4.98 Å². The number of allylic oxidation sites excluding steroid dienone is 2. The Morgan fingerprint density at radius 3 is 2.29 bits per heavy atom. The van der Waals surface area contributed by atoms with Gasteiger partial charge in [-0.1, -0.05) is 19.1 Å². The Hall–Kier alpha value is -2.76. The van der Waals surface area contributed by atoms with Crippen molar-refractivity contribution in [3.05, 3.63) is 47.2 Å². The maximum Gasteiger partial charge on any atom is 0.221 e. The third kappa shape index (κ3) is 4.16. The first-order chi connectivity index (χ1) is 11.6. The summed E-state index contributed by atoms with van der Waals surface area (Å²) in [5.41, 5.74) is 14.3. The molecule has 6 nitrogen and oxygen atoms in total. The van der Waals surface area contributed by atoms with Gasteiger partial charge in [0.25, 0.3) is 0 Å². The molecule has 0 bridgehead atoms. The van der Waals surface area contributed by atoms with Gasteiger partial charge in [-0.15, -0.1) is 0 Å². The second kappa shape index (κ2) is 8.19. The minimum Gasteiger partial charge on any atom is -0.496 e. The maximum absolute atomic E-state index is 5.92. The molecule has 0 saturated carbocycles. The fraction of sp³-hybridized carbons (Fsp3) is 0.333. The van der Waals surface area contributed by atoms with Crippen LogP contribution in [-0.2, 0) is 12.8 Å². The number of hydrogen-bond donors (Lipinski definition) is 2.